The molecular weight excluding hydrogens is 402 g/mol. The predicted octanol–water partition coefficient (Wildman–Crippen LogP) is 6.44. The Labute approximate surface area is 156 Å². The monoisotopic (exact) mass is 413 g/mol. The van der Waals surface area contributed by atoms with Crippen LogP contribution in [-0.2, 0) is 0 Å². The first-order valence-electron chi connectivity index (χ1n) is 7.27. The molecule has 0 amide bonds. The Bertz CT molecular complexity index is 946. The Morgan fingerprint density at radius 2 is 1.25 bits per heavy atom. The molecule has 0 aliphatic carbocycles. The number of hydrogen-bond acceptors (Lipinski definition) is 5. The van der Waals surface area contributed by atoms with Gasteiger partial charge in [0.05, 0.1) is 11.4 Å². The highest BCUT2D eigenvalue weighted by Gasteiger charge is 2.08. The molecule has 1 N–H and O–H groups in total. The van der Waals surface area contributed by atoms with Gasteiger partial charge in [-0.05, 0) is 12.1 Å². The summed E-state index contributed by atoms with van der Waals surface area (Å²) in [5.41, 5.74) is 4.17. The Morgan fingerprint density at radius 1 is 0.708 bits per heavy atom. The number of hydrogen-bond donors (Lipinski definition) is 1. The molecule has 2 aromatic carbocycles. The fraction of sp³-hybridized carbons (Fsp3) is 0. The SMILES string of the molecule is Brc1ccc(-c2csc(Nc3nc(-c4ccccc4)cs3)n2)cc1. The van der Waals surface area contributed by atoms with Crippen molar-refractivity contribution in [2.45, 2.75) is 0 Å². The van der Waals surface area contributed by atoms with Gasteiger partial charge >= 0.3 is 0 Å². The van der Waals surface area contributed by atoms with E-state index in [-0.39, 0.29) is 0 Å². The number of anilines is 2. The molecule has 0 saturated heterocycles. The fourth-order valence-corrected chi connectivity index (χ4v) is 4.01. The molecule has 0 bridgehead atoms. The van der Waals surface area contributed by atoms with E-state index in [1.54, 1.807) is 22.7 Å². The van der Waals surface area contributed by atoms with Crippen molar-refractivity contribution in [1.29, 1.82) is 0 Å². The Morgan fingerprint density at radius 3 is 1.83 bits per heavy atom. The van der Waals surface area contributed by atoms with Crippen molar-refractivity contribution < 1.29 is 0 Å². The number of aromatic nitrogens is 2. The molecule has 4 aromatic rings. The van der Waals surface area contributed by atoms with Crippen molar-refractivity contribution in [2.75, 3.05) is 5.32 Å². The molecular formula is C18H12BrN3S2. The molecule has 0 aliphatic heterocycles. The summed E-state index contributed by atoms with van der Waals surface area (Å²) in [6, 6.07) is 18.3. The van der Waals surface area contributed by atoms with E-state index in [2.05, 4.69) is 66.2 Å². The molecule has 0 radical (unpaired) electrons. The highest BCUT2D eigenvalue weighted by molar-refractivity contribution is 9.10. The smallest absolute Gasteiger partial charge is 0.189 e. The average molecular weight is 414 g/mol. The van der Waals surface area contributed by atoms with Gasteiger partial charge in [-0.1, -0.05) is 58.4 Å². The number of nitrogens with zero attached hydrogens (tertiary/aromatic N) is 2. The van der Waals surface area contributed by atoms with Crippen LogP contribution in [0.15, 0.2) is 69.8 Å². The molecule has 24 heavy (non-hydrogen) atoms. The van der Waals surface area contributed by atoms with Crippen molar-refractivity contribution in [3.63, 3.8) is 0 Å². The lowest BCUT2D eigenvalue weighted by Gasteiger charge is -1.98. The third-order valence-corrected chi connectivity index (χ3v) is 5.48. The van der Waals surface area contributed by atoms with Crippen LogP contribution in [0.25, 0.3) is 22.5 Å². The van der Waals surface area contributed by atoms with Crippen LogP contribution < -0.4 is 5.32 Å². The number of benzene rings is 2. The highest BCUT2D eigenvalue weighted by atomic mass is 79.9. The number of thiazole rings is 2. The van der Waals surface area contributed by atoms with Crippen LogP contribution >= 0.6 is 38.6 Å². The number of nitrogens with one attached hydrogen (secondary N) is 1. The van der Waals surface area contributed by atoms with Crippen LogP contribution in [0.1, 0.15) is 0 Å². The van der Waals surface area contributed by atoms with Gasteiger partial charge < -0.3 is 5.32 Å². The van der Waals surface area contributed by atoms with Crippen LogP contribution in [0.3, 0.4) is 0 Å². The Hall–Kier alpha value is -2.02. The topological polar surface area (TPSA) is 37.8 Å². The Balaban J connectivity index is 1.52. The largest absolute Gasteiger partial charge is 0.307 e. The van der Waals surface area contributed by atoms with Gasteiger partial charge in [0.25, 0.3) is 0 Å². The first kappa shape index (κ1) is 15.5. The van der Waals surface area contributed by atoms with Crippen LogP contribution in [0, 0.1) is 0 Å². The molecule has 0 unspecified atom stereocenters. The quantitative estimate of drug-likeness (QED) is 0.418. The first-order valence-corrected chi connectivity index (χ1v) is 9.82. The second kappa shape index (κ2) is 6.84. The standard InChI is InChI=1S/C18H12BrN3S2/c19-14-8-6-13(7-9-14)16-11-24-18(21-16)22-17-20-15(10-23-17)12-4-2-1-3-5-12/h1-11H,(H,20,21,22). The van der Waals surface area contributed by atoms with Crippen molar-refractivity contribution in [3.8, 4) is 22.5 Å². The molecule has 4 rings (SSSR count). The maximum Gasteiger partial charge on any atom is 0.189 e. The van der Waals surface area contributed by atoms with Crippen LogP contribution in [-0.4, -0.2) is 9.97 Å². The van der Waals surface area contributed by atoms with E-state index in [1.807, 2.05) is 30.3 Å². The maximum absolute atomic E-state index is 4.65. The van der Waals surface area contributed by atoms with Crippen molar-refractivity contribution in [2.24, 2.45) is 0 Å². The molecule has 0 fully saturated rings. The normalized spacial score (nSPS) is 10.7. The summed E-state index contributed by atoms with van der Waals surface area (Å²) in [4.78, 5) is 9.28. The van der Waals surface area contributed by atoms with Gasteiger partial charge in [-0.15, -0.1) is 22.7 Å². The zero-order valence-electron chi connectivity index (χ0n) is 12.4. The third kappa shape index (κ3) is 3.40. The second-order valence-corrected chi connectivity index (χ2v) is 7.71. The highest BCUT2D eigenvalue weighted by Crippen LogP contribution is 2.30. The Kier molecular flexibility index (Phi) is 4.42. The molecule has 0 spiro atoms. The molecule has 2 aromatic heterocycles. The van der Waals surface area contributed by atoms with E-state index >= 15 is 0 Å². The van der Waals surface area contributed by atoms with E-state index in [1.165, 1.54) is 0 Å². The van der Waals surface area contributed by atoms with Gasteiger partial charge in [0.2, 0.25) is 0 Å². The number of rotatable bonds is 4. The summed E-state index contributed by atoms with van der Waals surface area (Å²) in [5.74, 6) is 0. The third-order valence-electron chi connectivity index (χ3n) is 3.43. The summed E-state index contributed by atoms with van der Waals surface area (Å²) in [7, 11) is 0. The van der Waals surface area contributed by atoms with E-state index in [9.17, 15) is 0 Å². The molecule has 0 atom stereocenters. The van der Waals surface area contributed by atoms with E-state index < -0.39 is 0 Å². The summed E-state index contributed by atoms with van der Waals surface area (Å²) >= 11 is 6.62. The fourth-order valence-electron chi connectivity index (χ4n) is 2.25. The van der Waals surface area contributed by atoms with Gasteiger partial charge in [0.15, 0.2) is 10.3 Å². The summed E-state index contributed by atoms with van der Waals surface area (Å²) in [6.07, 6.45) is 0. The van der Waals surface area contributed by atoms with Gasteiger partial charge in [-0.25, -0.2) is 9.97 Å². The molecule has 0 aliphatic rings. The second-order valence-electron chi connectivity index (χ2n) is 5.07. The summed E-state index contributed by atoms with van der Waals surface area (Å²) in [5, 5.41) is 9.11. The van der Waals surface area contributed by atoms with Crippen LogP contribution in [0.5, 0.6) is 0 Å². The minimum Gasteiger partial charge on any atom is -0.307 e. The van der Waals surface area contributed by atoms with Crippen molar-refractivity contribution in [3.05, 3.63) is 69.8 Å². The minimum absolute atomic E-state index is 0.849. The summed E-state index contributed by atoms with van der Waals surface area (Å²) in [6.45, 7) is 0. The van der Waals surface area contributed by atoms with Gasteiger partial charge in [0.1, 0.15) is 0 Å². The zero-order valence-corrected chi connectivity index (χ0v) is 15.7. The maximum atomic E-state index is 4.65. The number of halogens is 1. The van der Waals surface area contributed by atoms with E-state index in [4.69, 9.17) is 0 Å². The summed E-state index contributed by atoms with van der Waals surface area (Å²) < 4.78 is 1.07. The van der Waals surface area contributed by atoms with Crippen molar-refractivity contribution in [1.82, 2.24) is 9.97 Å². The average Bonchev–Trinajstić information content (AvgIpc) is 3.27. The molecule has 3 nitrogen and oxygen atoms in total. The van der Waals surface area contributed by atoms with Gasteiger partial charge in [-0.3, -0.25) is 0 Å². The van der Waals surface area contributed by atoms with Crippen molar-refractivity contribution >= 4 is 48.9 Å². The van der Waals surface area contributed by atoms with E-state index in [0.29, 0.717) is 0 Å². The first-order chi connectivity index (χ1) is 11.8. The molecule has 118 valence electrons. The molecule has 2 heterocycles. The lowest BCUT2D eigenvalue weighted by molar-refractivity contribution is 1.34. The lowest BCUT2D eigenvalue weighted by atomic mass is 10.2. The van der Waals surface area contributed by atoms with Gasteiger partial charge in [0, 0.05) is 26.4 Å². The van der Waals surface area contributed by atoms with Crippen LogP contribution in [0.2, 0.25) is 0 Å². The lowest BCUT2D eigenvalue weighted by Crippen LogP contribution is -1.89. The minimum atomic E-state index is 0.849. The van der Waals surface area contributed by atoms with Gasteiger partial charge in [-0.2, -0.15) is 0 Å². The van der Waals surface area contributed by atoms with Crippen LogP contribution in [0.4, 0.5) is 10.3 Å². The van der Waals surface area contributed by atoms with E-state index in [0.717, 1.165) is 37.3 Å². The predicted molar refractivity (Wildman–Crippen MR) is 106 cm³/mol. The zero-order chi connectivity index (χ0) is 16.4. The molecule has 6 heteroatoms. The molecule has 0 saturated carbocycles.